The van der Waals surface area contributed by atoms with Crippen LogP contribution in [0.25, 0.3) is 0 Å². The number of hydrazine groups is 1. The zero-order chi connectivity index (χ0) is 15.2. The summed E-state index contributed by atoms with van der Waals surface area (Å²) >= 11 is 0. The van der Waals surface area contributed by atoms with Gasteiger partial charge in [-0.05, 0) is 24.7 Å². The smallest absolute Gasteiger partial charge is 0.287 e. The highest BCUT2D eigenvalue weighted by molar-refractivity contribution is 5.91. The Hall–Kier alpha value is -2.32. The number of nitrogens with two attached hydrogens (primary N) is 1. The highest BCUT2D eigenvalue weighted by Gasteiger charge is 2.09. The molecule has 0 saturated heterocycles. The van der Waals surface area contributed by atoms with E-state index in [1.165, 1.54) is 18.3 Å². The average Bonchev–Trinajstić information content (AvgIpc) is 2.93. The van der Waals surface area contributed by atoms with E-state index in [0.29, 0.717) is 19.6 Å². The third kappa shape index (κ3) is 4.33. The van der Waals surface area contributed by atoms with E-state index in [1.54, 1.807) is 10.7 Å². The van der Waals surface area contributed by atoms with Crippen molar-refractivity contribution in [3.05, 3.63) is 47.5 Å². The number of rotatable bonds is 6. The second-order valence-electron chi connectivity index (χ2n) is 4.71. The zero-order valence-electron chi connectivity index (χ0n) is 11.7. The van der Waals surface area contributed by atoms with Crippen LogP contribution < -0.4 is 11.3 Å². The number of likely N-dealkylation sites (N-methyl/N-ethyl adjacent to an activating group) is 1. The first-order chi connectivity index (χ1) is 10.1. The maximum atomic E-state index is 13.1. The van der Waals surface area contributed by atoms with Crippen molar-refractivity contribution in [3.63, 3.8) is 0 Å². The van der Waals surface area contributed by atoms with E-state index in [0.717, 1.165) is 5.56 Å². The first-order valence-electron chi connectivity index (χ1n) is 6.42. The minimum atomic E-state index is -0.477. The van der Waals surface area contributed by atoms with Crippen molar-refractivity contribution >= 4 is 5.91 Å². The number of nitrogens with one attached hydrogen (secondary N) is 1. The molecule has 0 unspecified atom stereocenters. The molecule has 21 heavy (non-hydrogen) atoms. The zero-order valence-corrected chi connectivity index (χ0v) is 11.7. The first-order valence-corrected chi connectivity index (χ1v) is 6.42. The molecule has 2 aromatic rings. The maximum absolute atomic E-state index is 13.1. The Bertz CT molecular complexity index is 614. The van der Waals surface area contributed by atoms with E-state index < -0.39 is 5.91 Å². The van der Waals surface area contributed by atoms with Crippen LogP contribution in [0.3, 0.4) is 0 Å². The lowest BCUT2D eigenvalue weighted by molar-refractivity contribution is 0.0948. The summed E-state index contributed by atoms with van der Waals surface area (Å²) in [6, 6.07) is 6.49. The van der Waals surface area contributed by atoms with E-state index in [4.69, 9.17) is 5.84 Å². The summed E-state index contributed by atoms with van der Waals surface area (Å²) in [6.07, 6.45) is 1.53. The topological polar surface area (TPSA) is 89.1 Å². The molecule has 1 amide bonds. The van der Waals surface area contributed by atoms with Gasteiger partial charge in [-0.15, -0.1) is 5.10 Å². The Morgan fingerprint density at radius 2 is 2.33 bits per heavy atom. The SMILES string of the molecule is CN(CCn1cc(C(=O)NN)nn1)Cc1cccc(F)c1. The molecule has 0 aliphatic carbocycles. The van der Waals surface area contributed by atoms with Gasteiger partial charge in [-0.25, -0.2) is 10.2 Å². The van der Waals surface area contributed by atoms with Crippen molar-refractivity contribution in [2.75, 3.05) is 13.6 Å². The van der Waals surface area contributed by atoms with E-state index in [9.17, 15) is 9.18 Å². The standard InChI is InChI=1S/C13H17FN6O/c1-19(8-10-3-2-4-11(14)7-10)5-6-20-9-12(17-18-20)13(21)16-15/h2-4,7,9H,5-6,8,15H2,1H3,(H,16,21). The van der Waals surface area contributed by atoms with Gasteiger partial charge in [0.05, 0.1) is 12.7 Å². The van der Waals surface area contributed by atoms with Crippen LogP contribution in [-0.4, -0.2) is 39.4 Å². The minimum absolute atomic E-state index is 0.172. The largest absolute Gasteiger partial charge is 0.300 e. The average molecular weight is 292 g/mol. The molecule has 0 atom stereocenters. The summed E-state index contributed by atoms with van der Waals surface area (Å²) in [7, 11) is 1.93. The van der Waals surface area contributed by atoms with Crippen molar-refractivity contribution in [1.29, 1.82) is 0 Å². The molecule has 0 spiro atoms. The molecular formula is C13H17FN6O. The van der Waals surface area contributed by atoms with Gasteiger partial charge in [0.15, 0.2) is 5.69 Å². The normalized spacial score (nSPS) is 10.9. The molecule has 1 heterocycles. The van der Waals surface area contributed by atoms with Gasteiger partial charge in [-0.2, -0.15) is 0 Å². The van der Waals surface area contributed by atoms with Crippen LogP contribution in [0, 0.1) is 5.82 Å². The van der Waals surface area contributed by atoms with Gasteiger partial charge in [-0.1, -0.05) is 17.3 Å². The number of nitrogens with zero attached hydrogens (tertiary/aromatic N) is 4. The number of amides is 1. The van der Waals surface area contributed by atoms with Crippen molar-refractivity contribution < 1.29 is 9.18 Å². The molecular weight excluding hydrogens is 275 g/mol. The lowest BCUT2D eigenvalue weighted by Crippen LogP contribution is -2.30. The lowest BCUT2D eigenvalue weighted by Gasteiger charge is -2.16. The highest BCUT2D eigenvalue weighted by atomic mass is 19.1. The minimum Gasteiger partial charge on any atom is -0.300 e. The predicted molar refractivity (Wildman–Crippen MR) is 74.4 cm³/mol. The second-order valence-corrected chi connectivity index (χ2v) is 4.71. The number of carbonyl (C=O) groups is 1. The van der Waals surface area contributed by atoms with E-state index in [2.05, 4.69) is 10.3 Å². The van der Waals surface area contributed by atoms with Gasteiger partial charge in [0.1, 0.15) is 5.82 Å². The molecule has 1 aromatic carbocycles. The molecule has 0 radical (unpaired) electrons. The quantitative estimate of drug-likeness (QED) is 0.449. The summed E-state index contributed by atoms with van der Waals surface area (Å²) in [5, 5.41) is 7.56. The van der Waals surface area contributed by atoms with Gasteiger partial charge in [0, 0.05) is 13.1 Å². The fraction of sp³-hybridized carbons (Fsp3) is 0.308. The van der Waals surface area contributed by atoms with Gasteiger partial charge >= 0.3 is 0 Å². The molecule has 0 aliphatic rings. The van der Waals surface area contributed by atoms with Crippen LogP contribution in [0.1, 0.15) is 16.1 Å². The second kappa shape index (κ2) is 6.91. The molecule has 0 bridgehead atoms. The molecule has 2 rings (SSSR count). The van der Waals surface area contributed by atoms with Crippen LogP contribution in [0.5, 0.6) is 0 Å². The Balaban J connectivity index is 1.85. The number of aromatic nitrogens is 3. The molecule has 7 nitrogen and oxygen atoms in total. The summed E-state index contributed by atoms with van der Waals surface area (Å²) in [6.45, 7) is 1.88. The van der Waals surface area contributed by atoms with Crippen LogP contribution in [0.4, 0.5) is 4.39 Å². The van der Waals surface area contributed by atoms with E-state index in [1.807, 2.05) is 23.4 Å². The molecule has 0 saturated carbocycles. The number of nitrogen functional groups attached to an aromatic ring is 1. The molecule has 8 heteroatoms. The van der Waals surface area contributed by atoms with Crippen LogP contribution in [-0.2, 0) is 13.1 Å². The predicted octanol–water partition coefficient (Wildman–Crippen LogP) is 0.153. The number of halogens is 1. The fourth-order valence-corrected chi connectivity index (χ4v) is 1.88. The summed E-state index contributed by atoms with van der Waals surface area (Å²) in [5.41, 5.74) is 3.07. The lowest BCUT2D eigenvalue weighted by atomic mass is 10.2. The van der Waals surface area contributed by atoms with E-state index in [-0.39, 0.29) is 11.5 Å². The van der Waals surface area contributed by atoms with Crippen molar-refractivity contribution in [2.24, 2.45) is 5.84 Å². The Kier molecular flexibility index (Phi) is 4.96. The van der Waals surface area contributed by atoms with Crippen molar-refractivity contribution in [1.82, 2.24) is 25.3 Å². The Labute approximate surface area is 121 Å². The molecule has 0 fully saturated rings. The Morgan fingerprint density at radius 3 is 3.05 bits per heavy atom. The Morgan fingerprint density at radius 1 is 1.52 bits per heavy atom. The van der Waals surface area contributed by atoms with Gasteiger partial charge in [0.2, 0.25) is 0 Å². The third-order valence-corrected chi connectivity index (χ3v) is 2.95. The van der Waals surface area contributed by atoms with Crippen LogP contribution >= 0.6 is 0 Å². The molecule has 0 aliphatic heterocycles. The van der Waals surface area contributed by atoms with Crippen LogP contribution in [0.15, 0.2) is 30.5 Å². The van der Waals surface area contributed by atoms with Gasteiger partial charge in [0.25, 0.3) is 5.91 Å². The van der Waals surface area contributed by atoms with Crippen molar-refractivity contribution in [2.45, 2.75) is 13.1 Å². The number of carbonyl (C=O) groups excluding carboxylic acids is 1. The maximum Gasteiger partial charge on any atom is 0.287 e. The number of benzene rings is 1. The molecule has 1 aromatic heterocycles. The summed E-state index contributed by atoms with van der Waals surface area (Å²) in [5.74, 6) is 4.30. The first kappa shape index (κ1) is 15.1. The van der Waals surface area contributed by atoms with Gasteiger partial charge < -0.3 is 4.90 Å². The summed E-state index contributed by atoms with van der Waals surface area (Å²) in [4.78, 5) is 13.3. The molecule has 112 valence electrons. The fourth-order valence-electron chi connectivity index (χ4n) is 1.88. The number of hydrogen-bond donors (Lipinski definition) is 2. The highest BCUT2D eigenvalue weighted by Crippen LogP contribution is 2.06. The molecule has 3 N–H and O–H groups in total. The van der Waals surface area contributed by atoms with E-state index >= 15 is 0 Å². The van der Waals surface area contributed by atoms with Crippen molar-refractivity contribution in [3.8, 4) is 0 Å². The van der Waals surface area contributed by atoms with Crippen LogP contribution in [0.2, 0.25) is 0 Å². The monoisotopic (exact) mass is 292 g/mol. The third-order valence-electron chi connectivity index (χ3n) is 2.95. The summed E-state index contributed by atoms with van der Waals surface area (Å²) < 4.78 is 14.7. The number of hydrogen-bond acceptors (Lipinski definition) is 5. The van der Waals surface area contributed by atoms with Gasteiger partial charge in [-0.3, -0.25) is 14.9 Å².